The Morgan fingerprint density at radius 1 is 1.12 bits per heavy atom. The number of carbonyl (C=O) groups excluding carboxylic acids is 2. The second kappa shape index (κ2) is 8.03. The summed E-state index contributed by atoms with van der Waals surface area (Å²) >= 11 is 5.82. The van der Waals surface area contributed by atoms with Crippen LogP contribution in [0.25, 0.3) is 0 Å². The number of halogens is 1. The van der Waals surface area contributed by atoms with Crippen LogP contribution in [0.3, 0.4) is 0 Å². The number of benzene rings is 2. The monoisotopic (exact) mass is 357 g/mol. The number of nitrogens with zero attached hydrogens (tertiary/aromatic N) is 1. The van der Waals surface area contributed by atoms with Crippen molar-refractivity contribution < 1.29 is 9.59 Å². The van der Waals surface area contributed by atoms with E-state index < -0.39 is 0 Å². The molecular weight excluding hydrogens is 338 g/mol. The molecule has 2 aromatic rings. The minimum Gasteiger partial charge on any atom is -0.334 e. The van der Waals surface area contributed by atoms with Crippen LogP contribution in [-0.4, -0.2) is 18.5 Å². The van der Waals surface area contributed by atoms with Crippen molar-refractivity contribution in [3.05, 3.63) is 59.1 Å². The van der Waals surface area contributed by atoms with Crippen LogP contribution in [0.1, 0.15) is 24.8 Å². The van der Waals surface area contributed by atoms with Gasteiger partial charge in [0, 0.05) is 35.9 Å². The maximum absolute atomic E-state index is 12.0. The van der Waals surface area contributed by atoms with Crippen LogP contribution in [0, 0.1) is 0 Å². The summed E-state index contributed by atoms with van der Waals surface area (Å²) in [6.07, 6.45) is 2.59. The highest BCUT2D eigenvalue weighted by molar-refractivity contribution is 6.30. The van der Waals surface area contributed by atoms with Crippen LogP contribution in [0.4, 0.5) is 16.2 Å². The van der Waals surface area contributed by atoms with Gasteiger partial charge in [-0.15, -0.1) is 0 Å². The SMILES string of the molecule is O=C(NCc1cccc(N2CCCCC2=O)c1)Nc1ccc(Cl)cc1. The molecule has 0 spiro atoms. The number of hydrogen-bond acceptors (Lipinski definition) is 2. The summed E-state index contributed by atoms with van der Waals surface area (Å²) in [5, 5.41) is 6.19. The van der Waals surface area contributed by atoms with E-state index in [2.05, 4.69) is 10.6 Å². The Morgan fingerprint density at radius 2 is 1.92 bits per heavy atom. The maximum atomic E-state index is 12.0. The molecule has 1 aliphatic rings. The number of anilines is 2. The van der Waals surface area contributed by atoms with Gasteiger partial charge < -0.3 is 15.5 Å². The molecule has 6 heteroatoms. The second-order valence-electron chi connectivity index (χ2n) is 5.99. The predicted octanol–water partition coefficient (Wildman–Crippen LogP) is 4.18. The Balaban J connectivity index is 1.57. The average molecular weight is 358 g/mol. The lowest BCUT2D eigenvalue weighted by molar-refractivity contribution is -0.119. The van der Waals surface area contributed by atoms with Crippen LogP contribution >= 0.6 is 11.6 Å². The molecule has 130 valence electrons. The largest absolute Gasteiger partial charge is 0.334 e. The molecule has 0 radical (unpaired) electrons. The lowest BCUT2D eigenvalue weighted by Crippen LogP contribution is -2.35. The molecule has 3 rings (SSSR count). The van der Waals surface area contributed by atoms with Gasteiger partial charge in [0.05, 0.1) is 0 Å². The molecule has 25 heavy (non-hydrogen) atoms. The van der Waals surface area contributed by atoms with Crippen molar-refractivity contribution in [2.24, 2.45) is 0 Å². The standard InChI is InChI=1S/C19H20ClN3O2/c20-15-7-9-16(10-8-15)22-19(25)21-13-14-4-3-5-17(12-14)23-11-2-1-6-18(23)24/h3-5,7-10,12H,1-2,6,11,13H2,(H2,21,22,25). The number of piperidine rings is 1. The fraction of sp³-hybridized carbons (Fsp3) is 0.263. The highest BCUT2D eigenvalue weighted by Gasteiger charge is 2.19. The van der Waals surface area contributed by atoms with E-state index in [1.165, 1.54) is 0 Å². The van der Waals surface area contributed by atoms with Gasteiger partial charge in [-0.05, 0) is 54.8 Å². The smallest absolute Gasteiger partial charge is 0.319 e. The first-order valence-electron chi connectivity index (χ1n) is 8.31. The first-order chi connectivity index (χ1) is 12.1. The number of carbonyl (C=O) groups is 2. The molecule has 2 N–H and O–H groups in total. The van der Waals surface area contributed by atoms with E-state index in [9.17, 15) is 9.59 Å². The molecule has 0 unspecified atom stereocenters. The number of urea groups is 1. The molecule has 1 aliphatic heterocycles. The third-order valence-corrected chi connectivity index (χ3v) is 4.35. The van der Waals surface area contributed by atoms with Crippen LogP contribution in [-0.2, 0) is 11.3 Å². The molecule has 1 saturated heterocycles. The van der Waals surface area contributed by atoms with Crippen molar-refractivity contribution in [1.82, 2.24) is 5.32 Å². The topological polar surface area (TPSA) is 61.4 Å². The number of hydrogen-bond donors (Lipinski definition) is 2. The number of amides is 3. The van der Waals surface area contributed by atoms with Gasteiger partial charge in [-0.2, -0.15) is 0 Å². The van der Waals surface area contributed by atoms with E-state index in [1.807, 2.05) is 29.2 Å². The molecule has 0 atom stereocenters. The highest BCUT2D eigenvalue weighted by Crippen LogP contribution is 2.22. The van der Waals surface area contributed by atoms with E-state index in [0.29, 0.717) is 23.7 Å². The van der Waals surface area contributed by atoms with Crippen LogP contribution in [0.2, 0.25) is 5.02 Å². The predicted molar refractivity (Wildman–Crippen MR) is 100.0 cm³/mol. The number of rotatable bonds is 4. The zero-order valence-corrected chi connectivity index (χ0v) is 14.6. The minimum absolute atomic E-state index is 0.164. The lowest BCUT2D eigenvalue weighted by Gasteiger charge is -2.27. The molecule has 2 aromatic carbocycles. The normalized spacial score (nSPS) is 14.3. The van der Waals surface area contributed by atoms with Gasteiger partial charge in [-0.1, -0.05) is 23.7 Å². The molecule has 0 bridgehead atoms. The Kier molecular flexibility index (Phi) is 5.56. The van der Waals surface area contributed by atoms with Gasteiger partial charge in [0.25, 0.3) is 0 Å². The van der Waals surface area contributed by atoms with Crippen molar-refractivity contribution >= 4 is 34.9 Å². The van der Waals surface area contributed by atoms with Gasteiger partial charge in [0.2, 0.25) is 5.91 Å². The minimum atomic E-state index is -0.290. The molecule has 5 nitrogen and oxygen atoms in total. The van der Waals surface area contributed by atoms with Crippen molar-refractivity contribution in [2.45, 2.75) is 25.8 Å². The van der Waals surface area contributed by atoms with Gasteiger partial charge in [-0.25, -0.2) is 4.79 Å². The molecule has 0 saturated carbocycles. The maximum Gasteiger partial charge on any atom is 0.319 e. The first-order valence-corrected chi connectivity index (χ1v) is 8.69. The van der Waals surface area contributed by atoms with Crippen molar-refractivity contribution in [1.29, 1.82) is 0 Å². The Labute approximate surface area is 152 Å². The molecular formula is C19H20ClN3O2. The molecule has 0 aliphatic carbocycles. The van der Waals surface area contributed by atoms with Gasteiger partial charge in [0.15, 0.2) is 0 Å². The quantitative estimate of drug-likeness (QED) is 0.862. The van der Waals surface area contributed by atoms with E-state index in [0.717, 1.165) is 30.6 Å². The highest BCUT2D eigenvalue weighted by atomic mass is 35.5. The van der Waals surface area contributed by atoms with E-state index in [1.54, 1.807) is 24.3 Å². The fourth-order valence-electron chi connectivity index (χ4n) is 2.80. The Hall–Kier alpha value is -2.53. The van der Waals surface area contributed by atoms with E-state index >= 15 is 0 Å². The zero-order chi connectivity index (χ0) is 17.6. The number of nitrogens with one attached hydrogen (secondary N) is 2. The zero-order valence-electron chi connectivity index (χ0n) is 13.8. The first kappa shape index (κ1) is 17.3. The summed E-state index contributed by atoms with van der Waals surface area (Å²) in [4.78, 5) is 25.8. The molecule has 3 amide bonds. The summed E-state index contributed by atoms with van der Waals surface area (Å²) < 4.78 is 0. The summed E-state index contributed by atoms with van der Waals surface area (Å²) in [6.45, 7) is 1.14. The van der Waals surface area contributed by atoms with Gasteiger partial charge >= 0.3 is 6.03 Å². The van der Waals surface area contributed by atoms with Crippen molar-refractivity contribution in [3.63, 3.8) is 0 Å². The summed E-state index contributed by atoms with van der Waals surface area (Å²) in [7, 11) is 0. The molecule has 1 fully saturated rings. The summed E-state index contributed by atoms with van der Waals surface area (Å²) in [5.41, 5.74) is 2.51. The Morgan fingerprint density at radius 3 is 2.68 bits per heavy atom. The second-order valence-corrected chi connectivity index (χ2v) is 6.42. The summed E-state index contributed by atoms with van der Waals surface area (Å²) in [6, 6.07) is 14.3. The van der Waals surface area contributed by atoms with Gasteiger partial charge in [-0.3, -0.25) is 4.79 Å². The average Bonchev–Trinajstić information content (AvgIpc) is 2.63. The van der Waals surface area contributed by atoms with E-state index in [4.69, 9.17) is 11.6 Å². The summed E-state index contributed by atoms with van der Waals surface area (Å²) in [5.74, 6) is 0.164. The van der Waals surface area contributed by atoms with Crippen LogP contribution in [0.5, 0.6) is 0 Å². The fourth-order valence-corrected chi connectivity index (χ4v) is 2.93. The lowest BCUT2D eigenvalue weighted by atomic mass is 10.1. The third-order valence-electron chi connectivity index (χ3n) is 4.10. The molecule has 0 aromatic heterocycles. The van der Waals surface area contributed by atoms with Gasteiger partial charge in [0.1, 0.15) is 0 Å². The van der Waals surface area contributed by atoms with E-state index in [-0.39, 0.29) is 11.9 Å². The van der Waals surface area contributed by atoms with Crippen LogP contribution in [0.15, 0.2) is 48.5 Å². The van der Waals surface area contributed by atoms with Crippen molar-refractivity contribution in [3.8, 4) is 0 Å². The van der Waals surface area contributed by atoms with Crippen LogP contribution < -0.4 is 15.5 Å². The third kappa shape index (κ3) is 4.73. The molecule has 1 heterocycles. The Bertz CT molecular complexity index is 762. The van der Waals surface area contributed by atoms with Crippen molar-refractivity contribution in [2.75, 3.05) is 16.8 Å².